The van der Waals surface area contributed by atoms with E-state index in [1.807, 2.05) is 23.5 Å². The summed E-state index contributed by atoms with van der Waals surface area (Å²) in [5, 5.41) is 0. The van der Waals surface area contributed by atoms with Crippen LogP contribution in [0.2, 0.25) is 0 Å². The Morgan fingerprint density at radius 3 is 2.00 bits per heavy atom. The van der Waals surface area contributed by atoms with Crippen LogP contribution in [0.1, 0.15) is 51.9 Å². The summed E-state index contributed by atoms with van der Waals surface area (Å²) < 4.78 is 10.9. The Morgan fingerprint density at radius 1 is 0.957 bits per heavy atom. The van der Waals surface area contributed by atoms with Crippen molar-refractivity contribution in [3.8, 4) is 0 Å². The summed E-state index contributed by atoms with van der Waals surface area (Å²) in [6, 6.07) is 0. The molecule has 2 heterocycles. The molecule has 0 aromatic carbocycles. The highest BCUT2D eigenvalue weighted by Crippen LogP contribution is 2.33. The third-order valence-corrected chi connectivity index (χ3v) is 6.68. The molecule has 2 aliphatic heterocycles. The molecule has 0 aromatic heterocycles. The van der Waals surface area contributed by atoms with E-state index in [4.69, 9.17) is 9.47 Å². The number of cyclic esters (lactones) is 2. The van der Waals surface area contributed by atoms with Crippen LogP contribution in [-0.4, -0.2) is 47.2 Å². The molecule has 132 valence electrons. The average Bonchev–Trinajstić information content (AvgIpc) is 3.15. The monoisotopic (exact) mass is 360 g/mol. The second kappa shape index (κ2) is 10.5. The van der Waals surface area contributed by atoms with Gasteiger partial charge in [-0.05, 0) is 55.1 Å². The van der Waals surface area contributed by atoms with Crippen LogP contribution < -0.4 is 0 Å². The van der Waals surface area contributed by atoms with Gasteiger partial charge in [0.15, 0.2) is 0 Å². The molecule has 0 radical (unpaired) electrons. The molecule has 2 unspecified atom stereocenters. The molecule has 2 atom stereocenters. The van der Waals surface area contributed by atoms with Crippen LogP contribution in [-0.2, 0) is 19.1 Å². The Hall–Kier alpha value is -0.360. The van der Waals surface area contributed by atoms with Gasteiger partial charge in [0.2, 0.25) is 0 Å². The summed E-state index contributed by atoms with van der Waals surface area (Å²) in [4.78, 5) is 22.8. The van der Waals surface area contributed by atoms with Gasteiger partial charge in [-0.3, -0.25) is 9.59 Å². The van der Waals surface area contributed by atoms with Crippen LogP contribution in [0, 0.1) is 5.92 Å². The highest BCUT2D eigenvalue weighted by atomic mass is 32.2. The molecule has 2 rings (SSSR count). The first-order valence-corrected chi connectivity index (χ1v) is 11.1. The first-order valence-electron chi connectivity index (χ1n) is 8.75. The molecular formula is C17H28O4S2. The van der Waals surface area contributed by atoms with E-state index in [9.17, 15) is 9.59 Å². The van der Waals surface area contributed by atoms with Crippen molar-refractivity contribution < 1.29 is 19.1 Å². The van der Waals surface area contributed by atoms with Crippen LogP contribution in [0.25, 0.3) is 0 Å². The number of thioether (sulfide) groups is 2. The van der Waals surface area contributed by atoms with E-state index < -0.39 is 0 Å². The molecule has 4 nitrogen and oxygen atoms in total. The first-order chi connectivity index (χ1) is 11.2. The molecule has 23 heavy (non-hydrogen) atoms. The Morgan fingerprint density at radius 2 is 1.52 bits per heavy atom. The Bertz CT molecular complexity index is 363. The summed E-state index contributed by atoms with van der Waals surface area (Å²) in [5.74, 6) is 4.69. The topological polar surface area (TPSA) is 52.6 Å². The van der Waals surface area contributed by atoms with Gasteiger partial charge in [0.25, 0.3) is 0 Å². The van der Waals surface area contributed by atoms with Crippen molar-refractivity contribution in [2.75, 3.05) is 23.0 Å². The lowest BCUT2D eigenvalue weighted by atomic mass is 9.90. The normalized spacial score (nSPS) is 25.4. The van der Waals surface area contributed by atoms with Gasteiger partial charge in [0.1, 0.15) is 12.2 Å². The van der Waals surface area contributed by atoms with Crippen molar-refractivity contribution in [1.82, 2.24) is 0 Å². The lowest BCUT2D eigenvalue weighted by Crippen LogP contribution is -2.32. The van der Waals surface area contributed by atoms with Gasteiger partial charge >= 0.3 is 11.9 Å². The van der Waals surface area contributed by atoms with Gasteiger partial charge in [-0.25, -0.2) is 0 Å². The van der Waals surface area contributed by atoms with Crippen LogP contribution >= 0.6 is 23.5 Å². The van der Waals surface area contributed by atoms with Crippen molar-refractivity contribution in [1.29, 1.82) is 0 Å². The predicted octanol–water partition coefficient (Wildman–Crippen LogP) is 3.67. The van der Waals surface area contributed by atoms with Crippen molar-refractivity contribution in [2.24, 2.45) is 5.92 Å². The summed E-state index contributed by atoms with van der Waals surface area (Å²) in [7, 11) is 0. The maximum atomic E-state index is 11.4. The smallest absolute Gasteiger partial charge is 0.306 e. The van der Waals surface area contributed by atoms with Gasteiger partial charge in [-0.1, -0.05) is 6.92 Å². The molecule has 0 bridgehead atoms. The molecule has 2 aliphatic rings. The number of hydrogen-bond acceptors (Lipinski definition) is 6. The number of esters is 2. The fraction of sp³-hybridized carbons (Fsp3) is 0.882. The van der Waals surface area contributed by atoms with E-state index in [0.717, 1.165) is 25.0 Å². The SMILES string of the molecule is CCCSCCCSCCC(C1CCC(=O)O1)C1CCC(=O)O1. The average molecular weight is 361 g/mol. The highest BCUT2D eigenvalue weighted by molar-refractivity contribution is 8.00. The van der Waals surface area contributed by atoms with Crippen LogP contribution in [0.3, 0.4) is 0 Å². The molecule has 0 aromatic rings. The van der Waals surface area contributed by atoms with E-state index in [1.54, 1.807) is 0 Å². The second-order valence-corrected chi connectivity index (χ2v) is 8.61. The highest BCUT2D eigenvalue weighted by Gasteiger charge is 2.40. The molecule has 6 heteroatoms. The molecule has 0 N–H and O–H groups in total. The summed E-state index contributed by atoms with van der Waals surface area (Å²) >= 11 is 4.00. The van der Waals surface area contributed by atoms with Gasteiger partial charge in [0, 0.05) is 18.8 Å². The van der Waals surface area contributed by atoms with Gasteiger partial charge in [-0.15, -0.1) is 0 Å². The van der Waals surface area contributed by atoms with Crippen LogP contribution in [0.4, 0.5) is 0 Å². The van der Waals surface area contributed by atoms with Crippen molar-refractivity contribution in [3.05, 3.63) is 0 Å². The minimum Gasteiger partial charge on any atom is -0.462 e. The van der Waals surface area contributed by atoms with E-state index in [-0.39, 0.29) is 30.1 Å². The standard InChI is InChI=1S/C17H28O4S2/c1-2-9-22-10-3-11-23-12-8-13(14-4-6-16(18)20-14)15-5-7-17(19)21-15/h13-15H,2-12H2,1H3. The predicted molar refractivity (Wildman–Crippen MR) is 95.9 cm³/mol. The quantitative estimate of drug-likeness (QED) is 0.414. The maximum Gasteiger partial charge on any atom is 0.306 e. The number of hydrogen-bond donors (Lipinski definition) is 0. The van der Waals surface area contributed by atoms with E-state index >= 15 is 0 Å². The van der Waals surface area contributed by atoms with Crippen LogP contribution in [0.5, 0.6) is 0 Å². The summed E-state index contributed by atoms with van der Waals surface area (Å²) in [6.45, 7) is 2.22. The van der Waals surface area contributed by atoms with E-state index in [2.05, 4.69) is 6.92 Å². The number of carbonyl (C=O) groups is 2. The largest absolute Gasteiger partial charge is 0.462 e. The molecule has 2 saturated heterocycles. The minimum atomic E-state index is -0.107. The maximum absolute atomic E-state index is 11.4. The third kappa shape index (κ3) is 6.57. The minimum absolute atomic E-state index is 0.0564. The van der Waals surface area contributed by atoms with Crippen molar-refractivity contribution in [3.63, 3.8) is 0 Å². The van der Waals surface area contributed by atoms with E-state index in [0.29, 0.717) is 12.8 Å². The molecule has 0 aliphatic carbocycles. The summed E-state index contributed by atoms with van der Waals surface area (Å²) in [6.07, 6.45) is 5.90. The van der Waals surface area contributed by atoms with Crippen LogP contribution in [0.15, 0.2) is 0 Å². The number of rotatable bonds is 11. The Labute approximate surface area is 147 Å². The van der Waals surface area contributed by atoms with Crippen molar-refractivity contribution in [2.45, 2.75) is 64.1 Å². The zero-order valence-electron chi connectivity index (χ0n) is 14.0. The number of carbonyl (C=O) groups excluding carboxylic acids is 2. The lowest BCUT2D eigenvalue weighted by Gasteiger charge is -2.27. The molecule has 0 amide bonds. The fourth-order valence-electron chi connectivity index (χ4n) is 3.14. The second-order valence-electron chi connectivity index (χ2n) is 6.16. The van der Waals surface area contributed by atoms with Crippen molar-refractivity contribution >= 4 is 35.5 Å². The fourth-order valence-corrected chi connectivity index (χ4v) is 5.15. The lowest BCUT2D eigenvalue weighted by molar-refractivity contribution is -0.149. The zero-order chi connectivity index (χ0) is 16.5. The Balaban J connectivity index is 1.68. The molecule has 0 spiro atoms. The third-order valence-electron chi connectivity index (χ3n) is 4.31. The van der Waals surface area contributed by atoms with E-state index in [1.165, 1.54) is 30.1 Å². The molecule has 2 fully saturated rings. The zero-order valence-corrected chi connectivity index (χ0v) is 15.6. The van der Waals surface area contributed by atoms with Gasteiger partial charge in [0.05, 0.1) is 0 Å². The summed E-state index contributed by atoms with van der Waals surface area (Å²) in [5.41, 5.74) is 0. The number of ether oxygens (including phenoxy) is 2. The first kappa shape index (κ1) is 19.0. The van der Waals surface area contributed by atoms with Gasteiger partial charge in [-0.2, -0.15) is 23.5 Å². The molecule has 0 saturated carbocycles. The molecular weight excluding hydrogens is 332 g/mol. The van der Waals surface area contributed by atoms with Gasteiger partial charge < -0.3 is 9.47 Å². The Kier molecular flexibility index (Phi) is 8.66.